The molecule has 0 bridgehead atoms. The lowest BCUT2D eigenvalue weighted by molar-refractivity contribution is -0.122. The SMILES string of the molecule is Cc1ccnc(NC(=O)CN(C)C(C)C(=O)Nc2ccc(Cl)cc2)c1. The molecule has 0 saturated carbocycles. The van der Waals surface area contributed by atoms with Crippen LogP contribution in [0.1, 0.15) is 12.5 Å². The maximum Gasteiger partial charge on any atom is 0.241 e. The Morgan fingerprint density at radius 2 is 1.88 bits per heavy atom. The van der Waals surface area contributed by atoms with Gasteiger partial charge in [0.2, 0.25) is 11.8 Å². The highest BCUT2D eigenvalue weighted by Gasteiger charge is 2.20. The number of nitrogens with zero attached hydrogens (tertiary/aromatic N) is 2. The van der Waals surface area contributed by atoms with Crippen molar-refractivity contribution < 1.29 is 9.59 Å². The fourth-order valence-corrected chi connectivity index (χ4v) is 2.26. The highest BCUT2D eigenvalue weighted by Crippen LogP contribution is 2.14. The van der Waals surface area contributed by atoms with E-state index >= 15 is 0 Å². The van der Waals surface area contributed by atoms with E-state index in [0.29, 0.717) is 16.5 Å². The summed E-state index contributed by atoms with van der Waals surface area (Å²) in [5.41, 5.74) is 1.66. The van der Waals surface area contributed by atoms with Crippen molar-refractivity contribution in [3.8, 4) is 0 Å². The summed E-state index contributed by atoms with van der Waals surface area (Å²) in [5, 5.41) is 6.12. The van der Waals surface area contributed by atoms with Gasteiger partial charge < -0.3 is 10.6 Å². The van der Waals surface area contributed by atoms with E-state index < -0.39 is 6.04 Å². The number of anilines is 2. The van der Waals surface area contributed by atoms with Gasteiger partial charge in [0.1, 0.15) is 5.82 Å². The molecule has 132 valence electrons. The molecule has 2 aromatic rings. The van der Waals surface area contributed by atoms with Gasteiger partial charge in [-0.2, -0.15) is 0 Å². The molecule has 1 aromatic heterocycles. The second kappa shape index (κ2) is 8.60. The summed E-state index contributed by atoms with van der Waals surface area (Å²) >= 11 is 5.82. The first kappa shape index (κ1) is 18.9. The summed E-state index contributed by atoms with van der Waals surface area (Å²) in [6.07, 6.45) is 1.64. The van der Waals surface area contributed by atoms with Crippen LogP contribution in [0, 0.1) is 6.92 Å². The van der Waals surface area contributed by atoms with Crippen molar-refractivity contribution in [1.82, 2.24) is 9.88 Å². The van der Waals surface area contributed by atoms with Crippen LogP contribution >= 0.6 is 11.6 Å². The molecular weight excluding hydrogens is 340 g/mol. The van der Waals surface area contributed by atoms with Crippen LogP contribution in [0.25, 0.3) is 0 Å². The van der Waals surface area contributed by atoms with Crippen LogP contribution in [0.5, 0.6) is 0 Å². The van der Waals surface area contributed by atoms with E-state index in [9.17, 15) is 9.59 Å². The molecule has 0 spiro atoms. The summed E-state index contributed by atoms with van der Waals surface area (Å²) in [7, 11) is 1.72. The van der Waals surface area contributed by atoms with Crippen molar-refractivity contribution in [2.45, 2.75) is 19.9 Å². The van der Waals surface area contributed by atoms with Gasteiger partial charge in [-0.1, -0.05) is 11.6 Å². The standard InChI is InChI=1S/C18H21ClN4O2/c1-12-8-9-20-16(10-12)22-17(24)11-23(3)13(2)18(25)21-15-6-4-14(19)5-7-15/h4-10,13H,11H2,1-3H3,(H,21,25)(H,20,22,24). The minimum Gasteiger partial charge on any atom is -0.325 e. The molecule has 0 saturated heterocycles. The van der Waals surface area contributed by atoms with Gasteiger partial charge in [0.25, 0.3) is 0 Å². The van der Waals surface area contributed by atoms with Crippen LogP contribution in [0.3, 0.4) is 0 Å². The number of pyridine rings is 1. The number of aryl methyl sites for hydroxylation is 1. The molecule has 2 amide bonds. The van der Waals surface area contributed by atoms with E-state index in [4.69, 9.17) is 11.6 Å². The van der Waals surface area contributed by atoms with Gasteiger partial charge in [-0.25, -0.2) is 4.98 Å². The van der Waals surface area contributed by atoms with Gasteiger partial charge in [-0.15, -0.1) is 0 Å². The molecule has 0 fully saturated rings. The molecule has 1 unspecified atom stereocenters. The Kier molecular flexibility index (Phi) is 6.50. The van der Waals surface area contributed by atoms with Crippen LogP contribution in [0.2, 0.25) is 5.02 Å². The molecule has 2 N–H and O–H groups in total. The zero-order valence-electron chi connectivity index (χ0n) is 14.4. The maximum absolute atomic E-state index is 12.3. The average molecular weight is 361 g/mol. The van der Waals surface area contributed by atoms with Crippen LogP contribution in [-0.2, 0) is 9.59 Å². The van der Waals surface area contributed by atoms with E-state index in [2.05, 4.69) is 15.6 Å². The zero-order chi connectivity index (χ0) is 18.4. The first-order valence-electron chi connectivity index (χ1n) is 7.84. The Balaban J connectivity index is 1.88. The van der Waals surface area contributed by atoms with Crippen molar-refractivity contribution in [1.29, 1.82) is 0 Å². The molecule has 7 heteroatoms. The number of rotatable bonds is 6. The molecular formula is C18H21ClN4O2. The van der Waals surface area contributed by atoms with E-state index in [0.717, 1.165) is 5.56 Å². The van der Waals surface area contributed by atoms with Gasteiger partial charge >= 0.3 is 0 Å². The lowest BCUT2D eigenvalue weighted by Crippen LogP contribution is -2.43. The number of benzene rings is 1. The largest absolute Gasteiger partial charge is 0.325 e. The number of carbonyl (C=O) groups is 2. The van der Waals surface area contributed by atoms with Gasteiger partial charge in [0, 0.05) is 16.9 Å². The van der Waals surface area contributed by atoms with Crippen LogP contribution < -0.4 is 10.6 Å². The second-order valence-corrected chi connectivity index (χ2v) is 6.29. The summed E-state index contributed by atoms with van der Waals surface area (Å²) < 4.78 is 0. The molecule has 0 aliphatic rings. The number of likely N-dealkylation sites (N-methyl/N-ethyl adjacent to an activating group) is 1. The van der Waals surface area contributed by atoms with Crippen LogP contribution in [0.4, 0.5) is 11.5 Å². The Morgan fingerprint density at radius 3 is 2.52 bits per heavy atom. The molecule has 25 heavy (non-hydrogen) atoms. The Hall–Kier alpha value is -2.44. The van der Waals surface area contributed by atoms with Crippen molar-refractivity contribution >= 4 is 34.9 Å². The van der Waals surface area contributed by atoms with Crippen molar-refractivity contribution in [2.75, 3.05) is 24.2 Å². The third-order valence-corrected chi connectivity index (χ3v) is 3.98. The highest BCUT2D eigenvalue weighted by molar-refractivity contribution is 6.30. The maximum atomic E-state index is 12.3. The summed E-state index contributed by atoms with van der Waals surface area (Å²) in [4.78, 5) is 30.2. The molecule has 1 heterocycles. The normalized spacial score (nSPS) is 11.9. The fraction of sp³-hybridized carbons (Fsp3) is 0.278. The van der Waals surface area contributed by atoms with Gasteiger partial charge in [0.15, 0.2) is 0 Å². The zero-order valence-corrected chi connectivity index (χ0v) is 15.2. The summed E-state index contributed by atoms with van der Waals surface area (Å²) in [6, 6.07) is 10.0. The van der Waals surface area contributed by atoms with E-state index in [1.165, 1.54) is 0 Å². The Bertz CT molecular complexity index is 749. The Morgan fingerprint density at radius 1 is 1.20 bits per heavy atom. The van der Waals surface area contributed by atoms with Crippen LogP contribution in [0.15, 0.2) is 42.6 Å². The first-order valence-corrected chi connectivity index (χ1v) is 8.22. The number of carbonyl (C=O) groups excluding carboxylic acids is 2. The smallest absolute Gasteiger partial charge is 0.241 e. The molecule has 0 radical (unpaired) electrons. The Labute approximate surface area is 152 Å². The summed E-state index contributed by atoms with van der Waals surface area (Å²) in [6.45, 7) is 3.74. The lowest BCUT2D eigenvalue weighted by Gasteiger charge is -2.23. The average Bonchev–Trinajstić information content (AvgIpc) is 2.56. The van der Waals surface area contributed by atoms with Crippen molar-refractivity contribution in [2.24, 2.45) is 0 Å². The van der Waals surface area contributed by atoms with Crippen molar-refractivity contribution in [3.63, 3.8) is 0 Å². The first-order chi connectivity index (χ1) is 11.8. The van der Waals surface area contributed by atoms with Gasteiger partial charge in [-0.3, -0.25) is 14.5 Å². The molecule has 0 aliphatic carbocycles. The molecule has 1 atom stereocenters. The monoisotopic (exact) mass is 360 g/mol. The number of amides is 2. The fourth-order valence-electron chi connectivity index (χ4n) is 2.13. The third-order valence-electron chi connectivity index (χ3n) is 3.73. The molecule has 2 rings (SSSR count). The highest BCUT2D eigenvalue weighted by atomic mass is 35.5. The van der Waals surface area contributed by atoms with E-state index in [1.807, 2.05) is 13.0 Å². The predicted octanol–water partition coefficient (Wildman–Crippen LogP) is 2.94. The second-order valence-electron chi connectivity index (χ2n) is 5.85. The van der Waals surface area contributed by atoms with E-state index in [-0.39, 0.29) is 18.4 Å². The number of hydrogen-bond donors (Lipinski definition) is 2. The van der Waals surface area contributed by atoms with Gasteiger partial charge in [-0.05, 0) is 62.9 Å². The quantitative estimate of drug-likeness (QED) is 0.830. The predicted molar refractivity (Wildman–Crippen MR) is 99.8 cm³/mol. The van der Waals surface area contributed by atoms with E-state index in [1.54, 1.807) is 55.4 Å². The number of nitrogens with one attached hydrogen (secondary N) is 2. The molecule has 6 nitrogen and oxygen atoms in total. The van der Waals surface area contributed by atoms with Gasteiger partial charge in [0.05, 0.1) is 12.6 Å². The topological polar surface area (TPSA) is 74.3 Å². The summed E-state index contributed by atoms with van der Waals surface area (Å²) in [5.74, 6) is 0.0646. The number of halogens is 1. The molecule has 0 aliphatic heterocycles. The number of aromatic nitrogens is 1. The number of hydrogen-bond acceptors (Lipinski definition) is 4. The van der Waals surface area contributed by atoms with Crippen molar-refractivity contribution in [3.05, 3.63) is 53.2 Å². The minimum atomic E-state index is -0.480. The minimum absolute atomic E-state index is 0.0742. The molecule has 1 aromatic carbocycles. The third kappa shape index (κ3) is 5.85. The lowest BCUT2D eigenvalue weighted by atomic mass is 10.2. The van der Waals surface area contributed by atoms with Crippen LogP contribution in [-0.4, -0.2) is 41.3 Å².